The number of unbranched alkanes of at least 4 members (excludes halogenated alkanes) is 2. The summed E-state index contributed by atoms with van der Waals surface area (Å²) in [5.41, 5.74) is 8.28. The van der Waals surface area contributed by atoms with Crippen LogP contribution in [0.15, 0.2) is 24.3 Å². The molecule has 2 amide bonds. The second-order valence-corrected chi connectivity index (χ2v) is 12.6. The Labute approximate surface area is 248 Å². The Morgan fingerprint density at radius 3 is 2.60 bits per heavy atom. The van der Waals surface area contributed by atoms with Gasteiger partial charge in [0.1, 0.15) is 12.5 Å². The van der Waals surface area contributed by atoms with Crippen molar-refractivity contribution in [3.05, 3.63) is 35.4 Å². The number of rotatable bonds is 9. The molecule has 11 heteroatoms. The number of nitrogens with two attached hydrogens (primary N) is 1. The topological polar surface area (TPSA) is 106 Å². The van der Waals surface area contributed by atoms with Gasteiger partial charge in [0.25, 0.3) is 5.91 Å². The molecule has 0 aliphatic carbocycles. The lowest BCUT2D eigenvalue weighted by atomic mass is 9.83. The zero-order valence-electron chi connectivity index (χ0n) is 24.8. The van der Waals surface area contributed by atoms with Crippen molar-refractivity contribution in [3.63, 3.8) is 0 Å². The molecule has 5 aliphatic rings. The van der Waals surface area contributed by atoms with Crippen LogP contribution < -0.4 is 16.4 Å². The molecule has 42 heavy (non-hydrogen) atoms. The summed E-state index contributed by atoms with van der Waals surface area (Å²) in [5, 5.41) is 6.74. The van der Waals surface area contributed by atoms with Crippen LogP contribution in [0.5, 0.6) is 0 Å². The predicted molar refractivity (Wildman–Crippen MR) is 158 cm³/mol. The molecule has 0 radical (unpaired) electrons. The van der Waals surface area contributed by atoms with E-state index >= 15 is 0 Å². The number of hydrogen-bond acceptors (Lipinski definition) is 7. The summed E-state index contributed by atoms with van der Waals surface area (Å²) >= 11 is 0. The van der Waals surface area contributed by atoms with Gasteiger partial charge in [-0.3, -0.25) is 14.5 Å². The Bertz CT molecular complexity index is 1140. The predicted octanol–water partition coefficient (Wildman–Crippen LogP) is 0.573. The minimum Gasteiger partial charge on any atom is -0.378 e. The van der Waals surface area contributed by atoms with E-state index in [-0.39, 0.29) is 36.5 Å². The van der Waals surface area contributed by atoms with E-state index < -0.39 is 18.3 Å². The molecule has 1 aromatic carbocycles. The number of benzene rings is 1. The van der Waals surface area contributed by atoms with Crippen LogP contribution in [0.3, 0.4) is 0 Å². The fraction of sp³-hybridized carbons (Fsp3) is 0.710. The molecule has 0 aromatic heterocycles. The van der Waals surface area contributed by atoms with Crippen molar-refractivity contribution >= 4 is 18.0 Å². The number of alkyl halides is 1. The third kappa shape index (κ3) is 5.99. The molecule has 4 N–H and O–H groups in total. The van der Waals surface area contributed by atoms with Crippen LogP contribution in [0.2, 0.25) is 0 Å². The lowest BCUT2D eigenvalue weighted by Gasteiger charge is -2.51. The van der Waals surface area contributed by atoms with Gasteiger partial charge in [0.2, 0.25) is 12.1 Å². The van der Waals surface area contributed by atoms with Crippen LogP contribution in [0, 0.1) is 5.92 Å². The number of nitrogens with zero attached hydrogens (tertiary/aromatic N) is 4. The molecule has 6 rings (SSSR count). The van der Waals surface area contributed by atoms with Crippen molar-refractivity contribution in [2.75, 3.05) is 65.6 Å². The molecule has 6 unspecified atom stereocenters. The average molecular weight is 585 g/mol. The van der Waals surface area contributed by atoms with Crippen molar-refractivity contribution in [1.82, 2.24) is 25.3 Å². The summed E-state index contributed by atoms with van der Waals surface area (Å²) in [6.07, 6.45) is 3.93. The lowest BCUT2D eigenvalue weighted by molar-refractivity contribution is -0.625. The summed E-state index contributed by atoms with van der Waals surface area (Å²) in [6, 6.07) is 8.38. The number of halogens is 1. The maximum absolute atomic E-state index is 14.4. The van der Waals surface area contributed by atoms with E-state index in [0.717, 1.165) is 83.7 Å². The van der Waals surface area contributed by atoms with Crippen molar-refractivity contribution in [3.8, 4) is 0 Å². The highest BCUT2D eigenvalue weighted by Crippen LogP contribution is 2.34. The molecule has 0 bridgehead atoms. The first kappa shape index (κ1) is 29.6. The van der Waals surface area contributed by atoms with Crippen molar-refractivity contribution in [2.45, 2.75) is 69.1 Å². The molecule has 5 heterocycles. The number of carbonyl (C=O) groups is 2. The van der Waals surface area contributed by atoms with E-state index in [2.05, 4.69) is 22.5 Å². The summed E-state index contributed by atoms with van der Waals surface area (Å²) in [4.78, 5) is 33.2. The quantitative estimate of drug-likeness (QED) is 0.288. The molecule has 0 spiro atoms. The Morgan fingerprint density at radius 1 is 1.14 bits per heavy atom. The normalized spacial score (nSPS) is 32.4. The number of ether oxygens (including phenoxy) is 1. The summed E-state index contributed by atoms with van der Waals surface area (Å²) in [5.74, 6) is -0.259. The molecule has 6 atom stereocenters. The van der Waals surface area contributed by atoms with Gasteiger partial charge in [0.05, 0.1) is 25.4 Å². The van der Waals surface area contributed by atoms with Crippen LogP contribution >= 0.6 is 0 Å². The van der Waals surface area contributed by atoms with Crippen molar-refractivity contribution in [2.24, 2.45) is 11.7 Å². The molecule has 5 aliphatic heterocycles. The van der Waals surface area contributed by atoms with Crippen LogP contribution in [0.25, 0.3) is 0 Å². The monoisotopic (exact) mass is 584 g/mol. The van der Waals surface area contributed by atoms with Crippen molar-refractivity contribution in [1.29, 1.82) is 0 Å². The highest BCUT2D eigenvalue weighted by Gasteiger charge is 2.59. The van der Waals surface area contributed by atoms with E-state index in [0.29, 0.717) is 18.2 Å². The maximum Gasteiger partial charge on any atom is 0.253 e. The minimum absolute atomic E-state index is 0.0620. The first-order valence-electron chi connectivity index (χ1n) is 15.9. The highest BCUT2D eigenvalue weighted by molar-refractivity contribution is 5.94. The summed E-state index contributed by atoms with van der Waals surface area (Å²) in [6.45, 7) is 9.51. The van der Waals surface area contributed by atoms with Crippen molar-refractivity contribution < 1.29 is 23.3 Å². The van der Waals surface area contributed by atoms with Gasteiger partial charge in [-0.05, 0) is 37.1 Å². The number of piperidine rings is 1. The second-order valence-electron chi connectivity index (χ2n) is 12.6. The average Bonchev–Trinajstić information content (AvgIpc) is 2.97. The van der Waals surface area contributed by atoms with E-state index in [4.69, 9.17) is 10.5 Å². The lowest BCUT2D eigenvalue weighted by Crippen LogP contribution is -2.77. The van der Waals surface area contributed by atoms with Gasteiger partial charge >= 0.3 is 0 Å². The summed E-state index contributed by atoms with van der Waals surface area (Å²) < 4.78 is 21.7. The van der Waals surface area contributed by atoms with E-state index in [1.165, 1.54) is 0 Å². The van der Waals surface area contributed by atoms with Gasteiger partial charge in [-0.2, -0.15) is 0 Å². The number of nitrogens with one attached hydrogen (secondary N) is 2. The molecular formula is C31H47FN7O3+. The van der Waals surface area contributed by atoms with Crippen LogP contribution in [-0.4, -0.2) is 133 Å². The Kier molecular flexibility index (Phi) is 9.21. The number of carbonyl (C=O) groups excluding carboxylic acids is 2. The number of hydrogen-bond donors (Lipinski definition) is 3. The molecule has 10 nitrogen and oxygen atoms in total. The molecule has 1 aromatic rings. The van der Waals surface area contributed by atoms with Gasteiger partial charge in [0, 0.05) is 63.2 Å². The fourth-order valence-corrected chi connectivity index (χ4v) is 7.34. The van der Waals surface area contributed by atoms with E-state index in [9.17, 15) is 14.0 Å². The van der Waals surface area contributed by atoms with Crippen LogP contribution in [-0.2, 0) is 9.53 Å². The SMILES string of the molecule is CCCCC[N+]1=CC(F)CN2C(N)C(C(=O)NC3CNCCC3c3ccc(C(=O)N4CCN(C5COC5)CC4)cc3)C21. The largest absolute Gasteiger partial charge is 0.378 e. The standard InChI is InChI=1S/C31H46FN7O3/c1-2-3-4-11-38-17-23(32)18-39-28(33)27(30(38)39)29(40)35-26-16-34-10-9-25(26)21-5-7-22(8-6-21)31(41)37-14-12-36(13-15-37)24-19-42-20-24/h5-8,17,23-28,30,34H,2-4,9-16,18-20,33H2,1H3/p+1. The molecule has 230 valence electrons. The van der Waals surface area contributed by atoms with Gasteiger partial charge in [-0.15, -0.1) is 0 Å². The Morgan fingerprint density at radius 2 is 1.90 bits per heavy atom. The third-order valence-corrected chi connectivity index (χ3v) is 9.95. The van der Waals surface area contributed by atoms with E-state index in [1.54, 1.807) is 6.21 Å². The van der Waals surface area contributed by atoms with Gasteiger partial charge in [-0.1, -0.05) is 25.5 Å². The first-order valence-corrected chi connectivity index (χ1v) is 15.9. The van der Waals surface area contributed by atoms with Gasteiger partial charge in [0.15, 0.2) is 12.4 Å². The zero-order valence-corrected chi connectivity index (χ0v) is 24.8. The first-order chi connectivity index (χ1) is 20.4. The molecule has 4 saturated heterocycles. The Hall–Kier alpha value is -2.44. The zero-order chi connectivity index (χ0) is 29.2. The highest BCUT2D eigenvalue weighted by atomic mass is 19.1. The third-order valence-electron chi connectivity index (χ3n) is 9.95. The Balaban J connectivity index is 1.08. The molecule has 0 saturated carbocycles. The minimum atomic E-state index is -1.06. The van der Waals surface area contributed by atoms with Gasteiger partial charge in [-0.25, -0.2) is 13.9 Å². The van der Waals surface area contributed by atoms with Crippen LogP contribution in [0.1, 0.15) is 54.4 Å². The number of piperazine rings is 1. The fourth-order valence-electron chi connectivity index (χ4n) is 7.34. The maximum atomic E-state index is 14.4. The summed E-state index contributed by atoms with van der Waals surface area (Å²) in [7, 11) is 0. The van der Waals surface area contributed by atoms with Crippen LogP contribution in [0.4, 0.5) is 4.39 Å². The molecule has 4 fully saturated rings. The number of amides is 2. The van der Waals surface area contributed by atoms with Gasteiger partial charge < -0.3 is 26.0 Å². The smallest absolute Gasteiger partial charge is 0.253 e. The van der Waals surface area contributed by atoms with E-state index in [1.807, 2.05) is 38.6 Å². The number of fused-ring (bicyclic) bond motifs is 1. The second kappa shape index (κ2) is 13.1. The molecular weight excluding hydrogens is 537 g/mol.